The Morgan fingerprint density at radius 3 is 2.33 bits per heavy atom. The van der Waals surface area contributed by atoms with Gasteiger partial charge in [0.05, 0.1) is 10.7 Å². The molecule has 1 aliphatic heterocycles. The molecule has 3 N–H and O–H groups in total. The molecule has 120 valence electrons. The molecule has 0 aliphatic carbocycles. The number of hydrogen-bond acceptors (Lipinski definition) is 5. The third-order valence-corrected chi connectivity index (χ3v) is 6.02. The molecule has 2 heterocycles. The van der Waals surface area contributed by atoms with E-state index in [9.17, 15) is 0 Å². The summed E-state index contributed by atoms with van der Waals surface area (Å²) < 4.78 is 0. The molecule has 0 radical (unpaired) electrons. The molecule has 1 aromatic rings. The van der Waals surface area contributed by atoms with Gasteiger partial charge in [-0.05, 0) is 53.6 Å². The van der Waals surface area contributed by atoms with Gasteiger partial charge in [0.2, 0.25) is 0 Å². The first kappa shape index (κ1) is 16.9. The molecule has 0 spiro atoms. The highest BCUT2D eigenvalue weighted by Gasteiger charge is 2.35. The summed E-state index contributed by atoms with van der Waals surface area (Å²) in [5.74, 6) is 5.90. The third-order valence-electron chi connectivity index (χ3n) is 4.93. The Bertz CT molecular complexity index is 428. The molecule has 1 atom stereocenters. The molecule has 5 heteroatoms. The zero-order valence-electron chi connectivity index (χ0n) is 13.9. The van der Waals surface area contributed by atoms with Crippen LogP contribution in [0.4, 0.5) is 0 Å². The van der Waals surface area contributed by atoms with Gasteiger partial charge in [0.1, 0.15) is 0 Å². The minimum atomic E-state index is 0.0482. The number of nitrogens with zero attached hydrogens (tertiary/aromatic N) is 2. The highest BCUT2D eigenvalue weighted by atomic mass is 32.1. The maximum absolute atomic E-state index is 5.90. The lowest BCUT2D eigenvalue weighted by atomic mass is 9.90. The lowest BCUT2D eigenvalue weighted by molar-refractivity contribution is 0.0834. The minimum absolute atomic E-state index is 0.0482. The second kappa shape index (κ2) is 7.18. The van der Waals surface area contributed by atoms with Gasteiger partial charge in [0, 0.05) is 22.9 Å². The van der Waals surface area contributed by atoms with Crippen LogP contribution < -0.4 is 11.3 Å². The Hall–Kier alpha value is -0.490. The molecule has 0 aromatic carbocycles. The summed E-state index contributed by atoms with van der Waals surface area (Å²) in [4.78, 5) is 8.60. The topological polar surface area (TPSA) is 54.2 Å². The molecular formula is C16H30N4S. The van der Waals surface area contributed by atoms with E-state index in [1.54, 1.807) is 11.3 Å². The fraction of sp³-hybridized carbons (Fsp3) is 0.812. The first-order valence-electron chi connectivity index (χ1n) is 8.09. The lowest BCUT2D eigenvalue weighted by Crippen LogP contribution is -2.60. The van der Waals surface area contributed by atoms with Crippen molar-refractivity contribution in [3.8, 4) is 0 Å². The molecule has 0 amide bonds. The van der Waals surface area contributed by atoms with Crippen molar-refractivity contribution in [2.45, 2.75) is 71.4 Å². The second-order valence-corrected chi connectivity index (χ2v) is 8.02. The number of nitrogens with one attached hydrogen (secondary N) is 1. The van der Waals surface area contributed by atoms with E-state index in [0.29, 0.717) is 0 Å². The fourth-order valence-corrected chi connectivity index (χ4v) is 4.16. The van der Waals surface area contributed by atoms with E-state index in [1.807, 2.05) is 0 Å². The van der Waals surface area contributed by atoms with Crippen molar-refractivity contribution < 1.29 is 0 Å². The van der Waals surface area contributed by atoms with Crippen LogP contribution in [0.1, 0.15) is 55.1 Å². The summed E-state index contributed by atoms with van der Waals surface area (Å²) >= 11 is 1.80. The lowest BCUT2D eigenvalue weighted by Gasteiger charge is -2.43. The van der Waals surface area contributed by atoms with Gasteiger partial charge in [-0.3, -0.25) is 16.2 Å². The summed E-state index contributed by atoms with van der Waals surface area (Å²) in [5, 5.41) is 1.19. The van der Waals surface area contributed by atoms with Crippen molar-refractivity contribution in [3.05, 3.63) is 15.6 Å². The Balaban J connectivity index is 2.10. The van der Waals surface area contributed by atoms with Gasteiger partial charge in [-0.1, -0.05) is 12.8 Å². The monoisotopic (exact) mass is 310 g/mol. The molecule has 1 aliphatic rings. The van der Waals surface area contributed by atoms with Crippen molar-refractivity contribution in [1.29, 1.82) is 0 Å². The molecule has 0 saturated carbocycles. The van der Waals surface area contributed by atoms with Crippen LogP contribution >= 0.6 is 11.3 Å². The number of hydrazine groups is 1. The van der Waals surface area contributed by atoms with Crippen molar-refractivity contribution in [2.75, 3.05) is 13.1 Å². The van der Waals surface area contributed by atoms with Crippen LogP contribution in [0.15, 0.2) is 0 Å². The molecule has 1 aromatic heterocycles. The number of rotatable bonds is 5. The van der Waals surface area contributed by atoms with Crippen LogP contribution in [0.25, 0.3) is 0 Å². The van der Waals surface area contributed by atoms with E-state index in [1.165, 1.54) is 48.7 Å². The van der Waals surface area contributed by atoms with Gasteiger partial charge in [0.15, 0.2) is 0 Å². The van der Waals surface area contributed by atoms with Crippen molar-refractivity contribution in [2.24, 2.45) is 5.84 Å². The normalized spacial score (nSPS) is 19.5. The van der Waals surface area contributed by atoms with E-state index < -0.39 is 0 Å². The van der Waals surface area contributed by atoms with E-state index in [2.05, 4.69) is 43.0 Å². The zero-order valence-corrected chi connectivity index (χ0v) is 14.7. The zero-order chi connectivity index (χ0) is 15.5. The van der Waals surface area contributed by atoms with Crippen LogP contribution in [-0.2, 0) is 6.42 Å². The van der Waals surface area contributed by atoms with Crippen molar-refractivity contribution in [1.82, 2.24) is 15.3 Å². The molecule has 2 rings (SSSR count). The number of thiazole rings is 1. The number of nitrogens with two attached hydrogens (primary N) is 1. The Kier molecular flexibility index (Phi) is 5.77. The van der Waals surface area contributed by atoms with Gasteiger partial charge >= 0.3 is 0 Å². The number of aromatic nitrogens is 1. The van der Waals surface area contributed by atoms with Gasteiger partial charge in [-0.25, -0.2) is 4.98 Å². The van der Waals surface area contributed by atoms with Crippen LogP contribution in [0.2, 0.25) is 0 Å². The second-order valence-electron chi connectivity index (χ2n) is 6.73. The van der Waals surface area contributed by atoms with Gasteiger partial charge in [-0.2, -0.15) is 0 Å². The van der Waals surface area contributed by atoms with Gasteiger partial charge in [-0.15, -0.1) is 11.3 Å². The van der Waals surface area contributed by atoms with Gasteiger partial charge in [0.25, 0.3) is 0 Å². The van der Waals surface area contributed by atoms with Crippen LogP contribution in [0, 0.1) is 13.8 Å². The summed E-state index contributed by atoms with van der Waals surface area (Å²) in [5.41, 5.74) is 4.26. The third kappa shape index (κ3) is 4.03. The summed E-state index contributed by atoms with van der Waals surface area (Å²) in [6, 6.07) is 0.223. The number of hydrogen-bond donors (Lipinski definition) is 2. The quantitative estimate of drug-likeness (QED) is 0.648. The summed E-state index contributed by atoms with van der Waals surface area (Å²) in [7, 11) is 0. The Morgan fingerprint density at radius 1 is 1.24 bits per heavy atom. The smallest absolute Gasteiger partial charge is 0.0947 e. The molecule has 1 saturated heterocycles. The average molecular weight is 311 g/mol. The van der Waals surface area contributed by atoms with Gasteiger partial charge < -0.3 is 0 Å². The molecule has 1 unspecified atom stereocenters. The maximum atomic E-state index is 5.90. The fourth-order valence-electron chi connectivity index (χ4n) is 3.18. The predicted molar refractivity (Wildman–Crippen MR) is 90.5 cm³/mol. The maximum Gasteiger partial charge on any atom is 0.0947 e. The standard InChI is InChI=1S/C16H30N4S/c1-12-13(2)21-15(18-12)11-14(19-17)16(3,4)20-9-7-5-6-8-10-20/h14,19H,5-11,17H2,1-4H3. The number of likely N-dealkylation sites (tertiary alicyclic amines) is 1. The van der Waals surface area contributed by atoms with Crippen LogP contribution in [0.3, 0.4) is 0 Å². The highest BCUT2D eigenvalue weighted by Crippen LogP contribution is 2.27. The Morgan fingerprint density at radius 2 is 1.86 bits per heavy atom. The Labute approximate surface area is 133 Å². The van der Waals surface area contributed by atoms with Crippen molar-refractivity contribution >= 4 is 11.3 Å². The van der Waals surface area contributed by atoms with Crippen molar-refractivity contribution in [3.63, 3.8) is 0 Å². The average Bonchev–Trinajstić information content (AvgIpc) is 2.67. The van der Waals surface area contributed by atoms with E-state index >= 15 is 0 Å². The van der Waals surface area contributed by atoms with Crippen LogP contribution in [0.5, 0.6) is 0 Å². The summed E-state index contributed by atoms with van der Waals surface area (Å²) in [6.07, 6.45) is 6.22. The van der Waals surface area contributed by atoms with E-state index in [0.717, 1.165) is 12.1 Å². The summed E-state index contributed by atoms with van der Waals surface area (Å²) in [6.45, 7) is 11.2. The molecule has 4 nitrogen and oxygen atoms in total. The first-order valence-corrected chi connectivity index (χ1v) is 8.91. The van der Waals surface area contributed by atoms with E-state index in [4.69, 9.17) is 5.84 Å². The minimum Gasteiger partial charge on any atom is -0.297 e. The molecule has 21 heavy (non-hydrogen) atoms. The molecule has 0 bridgehead atoms. The SMILES string of the molecule is Cc1nc(CC(NN)C(C)(C)N2CCCCCC2)sc1C. The predicted octanol–water partition coefficient (Wildman–Crippen LogP) is 2.79. The molecule has 1 fully saturated rings. The van der Waals surface area contributed by atoms with E-state index in [-0.39, 0.29) is 11.6 Å². The largest absolute Gasteiger partial charge is 0.297 e. The molecular weight excluding hydrogens is 280 g/mol. The first-order chi connectivity index (χ1) is 9.95. The highest BCUT2D eigenvalue weighted by molar-refractivity contribution is 7.11. The van der Waals surface area contributed by atoms with Crippen LogP contribution in [-0.4, -0.2) is 34.6 Å². The number of aryl methyl sites for hydroxylation is 2.